The highest BCUT2D eigenvalue weighted by atomic mass is 19.1. The van der Waals surface area contributed by atoms with Crippen molar-refractivity contribution < 1.29 is 13.9 Å². The van der Waals surface area contributed by atoms with Crippen molar-refractivity contribution in [2.45, 2.75) is 32.0 Å². The number of ether oxygens (including phenoxy) is 1. The molecule has 9 heteroatoms. The molecule has 0 saturated heterocycles. The van der Waals surface area contributed by atoms with Crippen LogP contribution in [0.1, 0.15) is 25.5 Å². The second-order valence-corrected chi connectivity index (χ2v) is 5.64. The van der Waals surface area contributed by atoms with E-state index in [-0.39, 0.29) is 12.4 Å². The van der Waals surface area contributed by atoms with Crippen molar-refractivity contribution in [2.75, 3.05) is 0 Å². The Balaban J connectivity index is 2.14. The lowest BCUT2D eigenvalue weighted by Crippen LogP contribution is -2.44. The summed E-state index contributed by atoms with van der Waals surface area (Å²) in [6.07, 6.45) is 6.13. The highest BCUT2D eigenvalue weighted by Crippen LogP contribution is 2.38. The Kier molecular flexibility index (Phi) is 4.55. The SMILES string of the molecule is CC(=O)O[C@@](Cn1cncn1)(c1ccc(F)cc1)[C@@H](C)n1ccnn1. The van der Waals surface area contributed by atoms with E-state index in [1.165, 1.54) is 37.9 Å². The van der Waals surface area contributed by atoms with Gasteiger partial charge in [0.15, 0.2) is 5.60 Å². The molecular formula is C16H17FN6O2. The molecule has 0 saturated carbocycles. The predicted octanol–water partition coefficient (Wildman–Crippen LogP) is 1.73. The largest absolute Gasteiger partial charge is 0.450 e. The maximum atomic E-state index is 13.4. The van der Waals surface area contributed by atoms with Crippen LogP contribution in [0.15, 0.2) is 49.3 Å². The van der Waals surface area contributed by atoms with Crippen LogP contribution < -0.4 is 0 Å². The number of carbonyl (C=O) groups excluding carboxylic acids is 1. The third-order valence-corrected chi connectivity index (χ3v) is 4.03. The topological polar surface area (TPSA) is 87.7 Å². The van der Waals surface area contributed by atoms with Gasteiger partial charge in [-0.1, -0.05) is 17.3 Å². The molecule has 0 fully saturated rings. The summed E-state index contributed by atoms with van der Waals surface area (Å²) in [5.41, 5.74) is -0.566. The number of rotatable bonds is 6. The average Bonchev–Trinajstić information content (AvgIpc) is 3.27. The van der Waals surface area contributed by atoms with E-state index in [1.54, 1.807) is 27.7 Å². The molecule has 3 aromatic rings. The number of esters is 1. The highest BCUT2D eigenvalue weighted by molar-refractivity contribution is 5.67. The van der Waals surface area contributed by atoms with Gasteiger partial charge in [-0.05, 0) is 24.6 Å². The minimum absolute atomic E-state index is 0.180. The van der Waals surface area contributed by atoms with E-state index in [9.17, 15) is 9.18 Å². The molecule has 2 aromatic heterocycles. The van der Waals surface area contributed by atoms with Gasteiger partial charge in [0, 0.05) is 13.1 Å². The second kappa shape index (κ2) is 6.80. The van der Waals surface area contributed by atoms with Gasteiger partial charge in [0.25, 0.3) is 0 Å². The van der Waals surface area contributed by atoms with Gasteiger partial charge in [-0.3, -0.25) is 4.79 Å². The van der Waals surface area contributed by atoms with Crippen molar-refractivity contribution in [3.63, 3.8) is 0 Å². The first-order valence-electron chi connectivity index (χ1n) is 7.65. The third-order valence-electron chi connectivity index (χ3n) is 4.03. The predicted molar refractivity (Wildman–Crippen MR) is 84.6 cm³/mol. The van der Waals surface area contributed by atoms with E-state index in [1.807, 2.05) is 6.92 Å². The van der Waals surface area contributed by atoms with Crippen LogP contribution in [0.4, 0.5) is 4.39 Å². The zero-order valence-corrected chi connectivity index (χ0v) is 13.8. The van der Waals surface area contributed by atoms with Crippen LogP contribution in [-0.2, 0) is 21.7 Å². The van der Waals surface area contributed by atoms with Gasteiger partial charge in [-0.15, -0.1) is 5.10 Å². The van der Waals surface area contributed by atoms with Crippen molar-refractivity contribution in [1.29, 1.82) is 0 Å². The third kappa shape index (κ3) is 3.39. The van der Waals surface area contributed by atoms with Crippen LogP contribution in [-0.4, -0.2) is 35.7 Å². The molecule has 0 radical (unpaired) electrons. The molecule has 25 heavy (non-hydrogen) atoms. The van der Waals surface area contributed by atoms with Crippen LogP contribution in [0.25, 0.3) is 0 Å². The molecule has 130 valence electrons. The Morgan fingerprint density at radius 2 is 2.12 bits per heavy atom. The minimum atomic E-state index is -1.18. The van der Waals surface area contributed by atoms with Gasteiger partial charge in [0.05, 0.1) is 18.8 Å². The van der Waals surface area contributed by atoms with Gasteiger partial charge in [-0.25, -0.2) is 18.7 Å². The van der Waals surface area contributed by atoms with Gasteiger partial charge < -0.3 is 4.74 Å². The fourth-order valence-corrected chi connectivity index (χ4v) is 2.82. The number of nitrogens with zero attached hydrogens (tertiary/aromatic N) is 6. The van der Waals surface area contributed by atoms with E-state index >= 15 is 0 Å². The maximum absolute atomic E-state index is 13.4. The molecule has 0 amide bonds. The number of carbonyl (C=O) groups is 1. The molecule has 0 spiro atoms. The maximum Gasteiger partial charge on any atom is 0.303 e. The van der Waals surface area contributed by atoms with E-state index in [0.29, 0.717) is 5.56 Å². The molecule has 0 bridgehead atoms. The molecule has 8 nitrogen and oxygen atoms in total. The zero-order valence-electron chi connectivity index (χ0n) is 13.8. The van der Waals surface area contributed by atoms with E-state index in [2.05, 4.69) is 20.4 Å². The lowest BCUT2D eigenvalue weighted by molar-refractivity contribution is -0.167. The standard InChI is InChI=1S/C16H17FN6O2/c1-12(23-8-7-19-21-23)16(25-13(2)24,9-22-11-18-10-20-22)14-3-5-15(17)6-4-14/h3-8,10-12H,9H2,1-2H3/t12-,16-/m1/s1. The van der Waals surface area contributed by atoms with Crippen molar-refractivity contribution in [3.8, 4) is 0 Å². The first-order valence-corrected chi connectivity index (χ1v) is 7.65. The number of hydrogen-bond acceptors (Lipinski definition) is 6. The summed E-state index contributed by atoms with van der Waals surface area (Å²) >= 11 is 0. The Hall–Kier alpha value is -3.10. The molecule has 2 atom stereocenters. The summed E-state index contributed by atoms with van der Waals surface area (Å²) < 4.78 is 22.4. The number of hydrogen-bond donors (Lipinski definition) is 0. The van der Waals surface area contributed by atoms with E-state index in [0.717, 1.165) is 0 Å². The second-order valence-electron chi connectivity index (χ2n) is 5.64. The van der Waals surface area contributed by atoms with Crippen molar-refractivity contribution in [2.24, 2.45) is 0 Å². The van der Waals surface area contributed by atoms with Gasteiger partial charge in [-0.2, -0.15) is 5.10 Å². The number of halogens is 1. The van der Waals surface area contributed by atoms with Crippen LogP contribution in [0.5, 0.6) is 0 Å². The first kappa shape index (κ1) is 16.7. The quantitative estimate of drug-likeness (QED) is 0.633. The van der Waals surface area contributed by atoms with Gasteiger partial charge in [0.2, 0.25) is 0 Å². The number of aromatic nitrogens is 6. The lowest BCUT2D eigenvalue weighted by Gasteiger charge is -2.38. The molecule has 0 unspecified atom stereocenters. The molecule has 2 heterocycles. The van der Waals surface area contributed by atoms with Gasteiger partial charge >= 0.3 is 5.97 Å². The molecule has 0 N–H and O–H groups in total. The molecule has 0 aliphatic heterocycles. The van der Waals surface area contributed by atoms with Gasteiger partial charge in [0.1, 0.15) is 18.5 Å². The van der Waals surface area contributed by atoms with Crippen molar-refractivity contribution in [3.05, 3.63) is 60.7 Å². The Morgan fingerprint density at radius 1 is 1.36 bits per heavy atom. The Morgan fingerprint density at radius 3 is 2.68 bits per heavy atom. The summed E-state index contributed by atoms with van der Waals surface area (Å²) in [6.45, 7) is 3.35. The van der Waals surface area contributed by atoms with Crippen LogP contribution in [0, 0.1) is 5.82 Å². The molecule has 0 aliphatic rings. The normalized spacial score (nSPS) is 14.7. The summed E-state index contributed by atoms with van der Waals surface area (Å²) in [6, 6.07) is 5.38. The molecular weight excluding hydrogens is 327 g/mol. The number of benzene rings is 1. The van der Waals surface area contributed by atoms with Crippen LogP contribution in [0.2, 0.25) is 0 Å². The lowest BCUT2D eigenvalue weighted by atomic mass is 9.86. The smallest absolute Gasteiger partial charge is 0.303 e. The molecule has 3 rings (SSSR count). The average molecular weight is 344 g/mol. The summed E-state index contributed by atoms with van der Waals surface area (Å²) in [4.78, 5) is 15.8. The van der Waals surface area contributed by atoms with Crippen LogP contribution >= 0.6 is 0 Å². The highest BCUT2D eigenvalue weighted by Gasteiger charge is 2.44. The minimum Gasteiger partial charge on any atom is -0.450 e. The summed E-state index contributed by atoms with van der Waals surface area (Å²) in [5, 5.41) is 11.9. The van der Waals surface area contributed by atoms with E-state index in [4.69, 9.17) is 4.74 Å². The fourth-order valence-electron chi connectivity index (χ4n) is 2.82. The Labute approximate surface area is 143 Å². The van der Waals surface area contributed by atoms with Crippen molar-refractivity contribution >= 4 is 5.97 Å². The fraction of sp³-hybridized carbons (Fsp3) is 0.312. The van der Waals surface area contributed by atoms with Crippen LogP contribution in [0.3, 0.4) is 0 Å². The van der Waals surface area contributed by atoms with E-state index < -0.39 is 17.6 Å². The van der Waals surface area contributed by atoms with Crippen molar-refractivity contribution in [1.82, 2.24) is 29.8 Å². The summed E-state index contributed by atoms with van der Waals surface area (Å²) in [7, 11) is 0. The summed E-state index contributed by atoms with van der Waals surface area (Å²) in [5.74, 6) is -0.856. The Bertz CT molecular complexity index is 819. The molecule has 0 aliphatic carbocycles. The zero-order chi connectivity index (χ0) is 17.9. The molecule has 1 aromatic carbocycles. The first-order chi connectivity index (χ1) is 12.0. The monoisotopic (exact) mass is 344 g/mol.